The number of carbonyl (C=O) groups excluding carboxylic acids is 1. The van der Waals surface area contributed by atoms with Crippen LogP contribution in [0, 0.1) is 0 Å². The van der Waals surface area contributed by atoms with Gasteiger partial charge in [0.15, 0.2) is 8.32 Å². The Balaban J connectivity index is 1.76. The van der Waals surface area contributed by atoms with Gasteiger partial charge in [-0.1, -0.05) is 0 Å². The summed E-state index contributed by atoms with van der Waals surface area (Å²) in [4.78, 5) is 12.3. The summed E-state index contributed by atoms with van der Waals surface area (Å²) < 4.78 is 29.2. The van der Waals surface area contributed by atoms with Crippen molar-refractivity contribution >= 4 is 14.3 Å². The predicted molar refractivity (Wildman–Crippen MR) is 69.5 cm³/mol. The summed E-state index contributed by atoms with van der Waals surface area (Å²) in [5.74, 6) is -1.51. The highest BCUT2D eigenvalue weighted by Crippen LogP contribution is 2.63. The summed E-state index contributed by atoms with van der Waals surface area (Å²) in [5.41, 5.74) is -1.13. The Morgan fingerprint density at radius 2 is 1.80 bits per heavy atom. The molecule has 0 radical (unpaired) electrons. The first-order valence-electron chi connectivity index (χ1n) is 7.14. The van der Waals surface area contributed by atoms with Gasteiger partial charge in [0.2, 0.25) is 5.79 Å². The first-order chi connectivity index (χ1) is 9.21. The summed E-state index contributed by atoms with van der Waals surface area (Å²) in [6, 6.07) is 0. The largest absolute Gasteiger partial charge is 0.457 e. The zero-order valence-corrected chi connectivity index (χ0v) is 13.3. The molecule has 0 amide bonds. The zero-order chi connectivity index (χ0) is 14.5. The van der Waals surface area contributed by atoms with Gasteiger partial charge >= 0.3 is 5.97 Å². The minimum atomic E-state index is -1.97. The highest BCUT2D eigenvalue weighted by atomic mass is 28.4. The van der Waals surface area contributed by atoms with Crippen LogP contribution in [0.4, 0.5) is 0 Å². The highest BCUT2D eigenvalue weighted by Gasteiger charge is 2.90. The summed E-state index contributed by atoms with van der Waals surface area (Å²) in [6.07, 6.45) is -0.886. The predicted octanol–water partition coefficient (Wildman–Crippen LogP) is 0.803. The van der Waals surface area contributed by atoms with Crippen molar-refractivity contribution in [1.82, 2.24) is 0 Å². The van der Waals surface area contributed by atoms with Crippen LogP contribution >= 0.6 is 0 Å². The lowest BCUT2D eigenvalue weighted by Gasteiger charge is -2.38. The molecule has 4 saturated heterocycles. The Morgan fingerprint density at radius 3 is 2.15 bits per heavy atom. The van der Waals surface area contributed by atoms with Gasteiger partial charge in [0.1, 0.15) is 24.4 Å². The normalized spacial score (nSPS) is 56.2. The van der Waals surface area contributed by atoms with Crippen LogP contribution in [-0.4, -0.2) is 56.2 Å². The fourth-order valence-corrected chi connectivity index (χ4v) is 4.83. The molecule has 20 heavy (non-hydrogen) atoms. The van der Waals surface area contributed by atoms with Crippen molar-refractivity contribution in [3.63, 3.8) is 0 Å². The molecule has 4 aliphatic rings. The third-order valence-corrected chi connectivity index (χ3v) is 5.29. The average molecular weight is 300 g/mol. The molecule has 112 valence electrons. The number of fused-ring (bicyclic) bond motifs is 2. The Labute approximate surface area is 118 Å². The van der Waals surface area contributed by atoms with Crippen LogP contribution in [0.5, 0.6) is 0 Å². The van der Waals surface area contributed by atoms with Crippen LogP contribution < -0.4 is 0 Å². The minimum Gasteiger partial charge on any atom is -0.457 e. The Morgan fingerprint density at radius 1 is 1.10 bits per heavy atom. The number of esters is 1. The van der Waals surface area contributed by atoms with Gasteiger partial charge in [0, 0.05) is 0 Å². The molecule has 4 heterocycles. The molecule has 0 aliphatic carbocycles. The molecule has 7 heteroatoms. The van der Waals surface area contributed by atoms with Gasteiger partial charge in [0.25, 0.3) is 5.60 Å². The fourth-order valence-electron chi connectivity index (χ4n) is 3.61. The van der Waals surface area contributed by atoms with E-state index in [-0.39, 0.29) is 36.5 Å². The standard InChI is InChI=1S/C13H20O6Si/c1-6-8-10(16-8)13(17-6,19-20(3,4)5)12-9(18-12)7(2)15-11(12)14/h6-10H,1-5H3/t6?,7-,8?,9-,10?,12-,13?/m0/s1. The van der Waals surface area contributed by atoms with E-state index >= 15 is 0 Å². The monoisotopic (exact) mass is 300 g/mol. The molecule has 4 rings (SSSR count). The third-order valence-electron chi connectivity index (χ3n) is 4.38. The Hall–Kier alpha value is -0.473. The molecule has 0 spiro atoms. The lowest BCUT2D eigenvalue weighted by Crippen LogP contribution is -2.60. The first kappa shape index (κ1) is 13.2. The van der Waals surface area contributed by atoms with Gasteiger partial charge in [-0.05, 0) is 33.5 Å². The van der Waals surface area contributed by atoms with Gasteiger partial charge in [-0.15, -0.1) is 0 Å². The van der Waals surface area contributed by atoms with E-state index in [1.54, 1.807) is 0 Å². The van der Waals surface area contributed by atoms with Gasteiger partial charge < -0.3 is 23.4 Å². The van der Waals surface area contributed by atoms with E-state index in [0.717, 1.165) is 0 Å². The Bertz CT molecular complexity index is 490. The van der Waals surface area contributed by atoms with Crippen molar-refractivity contribution in [2.75, 3.05) is 0 Å². The number of cyclic esters (lactones) is 1. The number of hydrogen-bond donors (Lipinski definition) is 0. The summed E-state index contributed by atoms with van der Waals surface area (Å²) in [5, 5.41) is 0. The first-order valence-corrected chi connectivity index (χ1v) is 10.5. The van der Waals surface area contributed by atoms with Crippen molar-refractivity contribution < 1.29 is 28.2 Å². The quantitative estimate of drug-likeness (QED) is 0.436. The van der Waals surface area contributed by atoms with Crippen LogP contribution in [0.1, 0.15) is 13.8 Å². The van der Waals surface area contributed by atoms with E-state index in [9.17, 15) is 4.79 Å². The van der Waals surface area contributed by atoms with Crippen molar-refractivity contribution in [2.45, 2.75) is 75.4 Å². The van der Waals surface area contributed by atoms with Gasteiger partial charge in [0.05, 0.1) is 6.10 Å². The lowest BCUT2D eigenvalue weighted by atomic mass is 9.92. The SMILES string of the molecule is CC1OC(O[Si](C)(C)C)([C@]23O[C@H]2[C@H](C)OC3=O)C2OC12. The van der Waals surface area contributed by atoms with E-state index in [1.165, 1.54) is 0 Å². The average Bonchev–Trinajstić information content (AvgIpc) is 3.18. The summed E-state index contributed by atoms with van der Waals surface area (Å²) >= 11 is 0. The number of epoxide rings is 2. The van der Waals surface area contributed by atoms with E-state index in [1.807, 2.05) is 13.8 Å². The molecule has 4 unspecified atom stereocenters. The lowest BCUT2D eigenvalue weighted by molar-refractivity contribution is -0.251. The number of carbonyl (C=O) groups is 1. The van der Waals surface area contributed by atoms with Gasteiger partial charge in [-0.2, -0.15) is 0 Å². The van der Waals surface area contributed by atoms with Crippen LogP contribution in [0.3, 0.4) is 0 Å². The maximum Gasteiger partial charge on any atom is 0.347 e. The topological polar surface area (TPSA) is 69.8 Å². The molecular weight excluding hydrogens is 280 g/mol. The third kappa shape index (κ3) is 1.40. The van der Waals surface area contributed by atoms with Crippen molar-refractivity contribution in [3.05, 3.63) is 0 Å². The van der Waals surface area contributed by atoms with Crippen LogP contribution in [-0.2, 0) is 28.2 Å². The maximum absolute atomic E-state index is 12.3. The van der Waals surface area contributed by atoms with Crippen LogP contribution in [0.25, 0.3) is 0 Å². The molecule has 7 atom stereocenters. The van der Waals surface area contributed by atoms with E-state index in [2.05, 4.69) is 19.6 Å². The molecule has 0 aromatic rings. The number of hydrogen-bond acceptors (Lipinski definition) is 6. The summed E-state index contributed by atoms with van der Waals surface area (Å²) in [6.45, 7) is 9.98. The molecule has 0 aromatic carbocycles. The van der Waals surface area contributed by atoms with Gasteiger partial charge in [-0.25, -0.2) is 4.79 Å². The van der Waals surface area contributed by atoms with E-state index < -0.39 is 19.7 Å². The second-order valence-corrected chi connectivity index (χ2v) is 11.5. The van der Waals surface area contributed by atoms with Crippen molar-refractivity contribution in [3.8, 4) is 0 Å². The van der Waals surface area contributed by atoms with Crippen LogP contribution in [0.15, 0.2) is 0 Å². The maximum atomic E-state index is 12.3. The second-order valence-electron chi connectivity index (χ2n) is 7.11. The molecule has 0 N–H and O–H groups in total. The molecular formula is C13H20O6Si. The molecule has 0 saturated carbocycles. The molecule has 4 fully saturated rings. The zero-order valence-electron chi connectivity index (χ0n) is 12.3. The van der Waals surface area contributed by atoms with Crippen molar-refractivity contribution in [2.24, 2.45) is 0 Å². The molecule has 0 bridgehead atoms. The number of ether oxygens (including phenoxy) is 4. The van der Waals surface area contributed by atoms with E-state index in [0.29, 0.717) is 0 Å². The highest BCUT2D eigenvalue weighted by molar-refractivity contribution is 6.69. The van der Waals surface area contributed by atoms with Crippen LogP contribution in [0.2, 0.25) is 19.6 Å². The molecule has 0 aromatic heterocycles. The second kappa shape index (κ2) is 3.47. The van der Waals surface area contributed by atoms with E-state index in [4.69, 9.17) is 23.4 Å². The number of rotatable bonds is 3. The smallest absolute Gasteiger partial charge is 0.347 e. The fraction of sp³-hybridized carbons (Fsp3) is 0.923. The molecule has 4 aliphatic heterocycles. The van der Waals surface area contributed by atoms with Gasteiger partial charge in [-0.3, -0.25) is 0 Å². The minimum absolute atomic E-state index is 0.00530. The Kier molecular flexibility index (Phi) is 2.29. The molecule has 6 nitrogen and oxygen atoms in total. The summed E-state index contributed by atoms with van der Waals surface area (Å²) in [7, 11) is -1.97. The van der Waals surface area contributed by atoms with Crippen molar-refractivity contribution in [1.29, 1.82) is 0 Å².